The van der Waals surface area contributed by atoms with Crippen LogP contribution in [0, 0.1) is 5.92 Å². The van der Waals surface area contributed by atoms with Gasteiger partial charge in [-0.25, -0.2) is 0 Å². The maximum absolute atomic E-state index is 11.8. The second-order valence-electron chi connectivity index (χ2n) is 4.68. The summed E-state index contributed by atoms with van der Waals surface area (Å²) in [4.78, 5) is 24.6. The van der Waals surface area contributed by atoms with E-state index in [1.165, 1.54) is 4.90 Å². The van der Waals surface area contributed by atoms with Gasteiger partial charge in [0.2, 0.25) is 11.8 Å². The Balaban J connectivity index is 1.82. The molecule has 1 fully saturated rings. The standard InChI is InChI=1S/C14H17NO3/c1-10(16)12-9-15(14(12)18)13(17)8-7-11-5-3-2-4-6-11/h2-6,10,12,16H,7-9H2,1H3/t10-,12+/m1/s1. The van der Waals surface area contributed by atoms with E-state index in [2.05, 4.69) is 0 Å². The molecule has 1 heterocycles. The Morgan fingerprint density at radius 1 is 1.44 bits per heavy atom. The fourth-order valence-corrected chi connectivity index (χ4v) is 2.07. The van der Waals surface area contributed by atoms with Crippen LogP contribution < -0.4 is 0 Å². The summed E-state index contributed by atoms with van der Waals surface area (Å²) in [6.45, 7) is 1.93. The lowest BCUT2D eigenvalue weighted by Gasteiger charge is -2.38. The fraction of sp³-hybridized carbons (Fsp3) is 0.429. The van der Waals surface area contributed by atoms with Gasteiger partial charge < -0.3 is 5.11 Å². The molecular weight excluding hydrogens is 230 g/mol. The Bertz CT molecular complexity index is 442. The second kappa shape index (κ2) is 5.31. The van der Waals surface area contributed by atoms with Crippen molar-refractivity contribution in [1.82, 2.24) is 4.90 Å². The van der Waals surface area contributed by atoms with Crippen molar-refractivity contribution < 1.29 is 14.7 Å². The van der Waals surface area contributed by atoms with Crippen molar-refractivity contribution in [2.45, 2.75) is 25.9 Å². The van der Waals surface area contributed by atoms with Crippen molar-refractivity contribution in [3.63, 3.8) is 0 Å². The molecule has 0 radical (unpaired) electrons. The predicted molar refractivity (Wildman–Crippen MR) is 66.7 cm³/mol. The zero-order valence-corrected chi connectivity index (χ0v) is 10.4. The van der Waals surface area contributed by atoms with Gasteiger partial charge in [-0.2, -0.15) is 0 Å². The maximum Gasteiger partial charge on any atom is 0.236 e. The minimum absolute atomic E-state index is 0.152. The van der Waals surface area contributed by atoms with E-state index >= 15 is 0 Å². The van der Waals surface area contributed by atoms with Gasteiger partial charge in [0.05, 0.1) is 12.0 Å². The minimum atomic E-state index is -0.671. The summed E-state index contributed by atoms with van der Waals surface area (Å²) in [6, 6.07) is 9.71. The van der Waals surface area contributed by atoms with Crippen LogP contribution in [0.4, 0.5) is 0 Å². The van der Waals surface area contributed by atoms with E-state index in [9.17, 15) is 14.7 Å². The molecule has 2 atom stereocenters. The lowest BCUT2D eigenvalue weighted by Crippen LogP contribution is -2.58. The van der Waals surface area contributed by atoms with E-state index in [4.69, 9.17) is 0 Å². The third-order valence-corrected chi connectivity index (χ3v) is 3.32. The summed E-state index contributed by atoms with van der Waals surface area (Å²) in [7, 11) is 0. The van der Waals surface area contributed by atoms with Gasteiger partial charge in [0.15, 0.2) is 0 Å². The van der Waals surface area contributed by atoms with Crippen LogP contribution in [-0.2, 0) is 16.0 Å². The van der Waals surface area contributed by atoms with Crippen molar-refractivity contribution in [1.29, 1.82) is 0 Å². The molecule has 0 spiro atoms. The number of likely N-dealkylation sites (tertiary alicyclic amines) is 1. The van der Waals surface area contributed by atoms with Crippen LogP contribution in [-0.4, -0.2) is 34.5 Å². The Morgan fingerprint density at radius 3 is 2.67 bits per heavy atom. The number of rotatable bonds is 4. The lowest BCUT2D eigenvalue weighted by molar-refractivity contribution is -0.163. The highest BCUT2D eigenvalue weighted by molar-refractivity contribution is 6.01. The molecule has 0 saturated carbocycles. The number of aliphatic hydroxyl groups excluding tert-OH is 1. The third kappa shape index (κ3) is 2.59. The molecule has 0 unspecified atom stereocenters. The number of aryl methyl sites for hydroxylation is 1. The molecule has 96 valence electrons. The molecule has 0 aromatic heterocycles. The zero-order chi connectivity index (χ0) is 13.1. The van der Waals surface area contributed by atoms with Crippen LogP contribution in [0.2, 0.25) is 0 Å². The first-order valence-corrected chi connectivity index (χ1v) is 6.16. The van der Waals surface area contributed by atoms with Crippen LogP contribution in [0.5, 0.6) is 0 Å². The third-order valence-electron chi connectivity index (χ3n) is 3.32. The number of benzene rings is 1. The number of carbonyl (C=O) groups excluding carboxylic acids is 2. The smallest absolute Gasteiger partial charge is 0.236 e. The Labute approximate surface area is 106 Å². The largest absolute Gasteiger partial charge is 0.393 e. The van der Waals surface area contributed by atoms with Crippen molar-refractivity contribution in [3.8, 4) is 0 Å². The lowest BCUT2D eigenvalue weighted by atomic mass is 9.93. The van der Waals surface area contributed by atoms with Crippen molar-refractivity contribution in [2.24, 2.45) is 5.92 Å². The molecule has 2 rings (SSSR count). The molecule has 0 aliphatic carbocycles. The van der Waals surface area contributed by atoms with E-state index in [0.717, 1.165) is 5.56 Å². The summed E-state index contributed by atoms with van der Waals surface area (Å²) in [5.41, 5.74) is 1.09. The number of hydrogen-bond acceptors (Lipinski definition) is 3. The SMILES string of the molecule is C[C@@H](O)[C@@H]1CN(C(=O)CCc2ccccc2)C1=O. The molecule has 1 aromatic carbocycles. The number of β-lactam (4-membered cyclic amide) rings is 1. The monoisotopic (exact) mass is 247 g/mol. The van der Waals surface area contributed by atoms with Gasteiger partial charge in [0, 0.05) is 13.0 Å². The van der Waals surface area contributed by atoms with Crippen molar-refractivity contribution >= 4 is 11.8 Å². The molecule has 1 aromatic rings. The van der Waals surface area contributed by atoms with Gasteiger partial charge in [-0.05, 0) is 18.9 Å². The number of imide groups is 1. The Morgan fingerprint density at radius 2 is 2.11 bits per heavy atom. The molecular formula is C14H17NO3. The number of hydrogen-bond donors (Lipinski definition) is 1. The number of nitrogens with zero attached hydrogens (tertiary/aromatic N) is 1. The maximum atomic E-state index is 11.8. The van der Waals surface area contributed by atoms with Crippen molar-refractivity contribution in [3.05, 3.63) is 35.9 Å². The van der Waals surface area contributed by atoms with E-state index in [1.807, 2.05) is 30.3 Å². The first-order chi connectivity index (χ1) is 8.59. The topological polar surface area (TPSA) is 57.6 Å². The number of aliphatic hydroxyl groups is 1. The van der Waals surface area contributed by atoms with E-state index in [-0.39, 0.29) is 11.8 Å². The average Bonchev–Trinajstić information content (AvgIpc) is 2.35. The summed E-state index contributed by atoms with van der Waals surface area (Å²) >= 11 is 0. The summed E-state index contributed by atoms with van der Waals surface area (Å²) in [5.74, 6) is -0.797. The van der Waals surface area contributed by atoms with Crippen LogP contribution in [0.15, 0.2) is 30.3 Å². The number of carbonyl (C=O) groups is 2. The molecule has 4 nitrogen and oxygen atoms in total. The van der Waals surface area contributed by atoms with Crippen LogP contribution in [0.25, 0.3) is 0 Å². The quantitative estimate of drug-likeness (QED) is 0.807. The highest BCUT2D eigenvalue weighted by Crippen LogP contribution is 2.22. The van der Waals surface area contributed by atoms with Crippen LogP contribution >= 0.6 is 0 Å². The van der Waals surface area contributed by atoms with Gasteiger partial charge in [-0.1, -0.05) is 30.3 Å². The predicted octanol–water partition coefficient (Wildman–Crippen LogP) is 0.985. The van der Waals surface area contributed by atoms with Gasteiger partial charge in [-0.3, -0.25) is 14.5 Å². The second-order valence-corrected chi connectivity index (χ2v) is 4.68. The summed E-state index contributed by atoms with van der Waals surface area (Å²) in [6.07, 6.45) is 0.307. The van der Waals surface area contributed by atoms with E-state index in [1.54, 1.807) is 6.92 Å². The van der Waals surface area contributed by atoms with Gasteiger partial charge in [-0.15, -0.1) is 0 Å². The highest BCUT2D eigenvalue weighted by atomic mass is 16.3. The summed E-state index contributed by atoms with van der Waals surface area (Å²) in [5, 5.41) is 9.29. The molecule has 4 heteroatoms. The summed E-state index contributed by atoms with van der Waals surface area (Å²) < 4.78 is 0. The molecule has 2 amide bonds. The Kier molecular flexibility index (Phi) is 3.77. The molecule has 18 heavy (non-hydrogen) atoms. The minimum Gasteiger partial charge on any atom is -0.393 e. The first kappa shape index (κ1) is 12.8. The average molecular weight is 247 g/mol. The van der Waals surface area contributed by atoms with Gasteiger partial charge in [0.1, 0.15) is 0 Å². The molecule has 1 aliphatic rings. The fourth-order valence-electron chi connectivity index (χ4n) is 2.07. The normalized spacial score (nSPS) is 20.4. The zero-order valence-electron chi connectivity index (χ0n) is 10.4. The van der Waals surface area contributed by atoms with Crippen LogP contribution in [0.3, 0.4) is 0 Å². The van der Waals surface area contributed by atoms with Crippen molar-refractivity contribution in [2.75, 3.05) is 6.54 Å². The van der Waals surface area contributed by atoms with Crippen LogP contribution in [0.1, 0.15) is 18.9 Å². The molecule has 0 bridgehead atoms. The molecule has 1 N–H and O–H groups in total. The van der Waals surface area contributed by atoms with Gasteiger partial charge >= 0.3 is 0 Å². The van der Waals surface area contributed by atoms with E-state index < -0.39 is 12.0 Å². The number of amides is 2. The highest BCUT2D eigenvalue weighted by Gasteiger charge is 2.42. The van der Waals surface area contributed by atoms with Gasteiger partial charge in [0.25, 0.3) is 0 Å². The molecule has 1 saturated heterocycles. The molecule has 1 aliphatic heterocycles. The Hall–Kier alpha value is -1.68. The first-order valence-electron chi connectivity index (χ1n) is 6.16. The van der Waals surface area contributed by atoms with E-state index in [0.29, 0.717) is 19.4 Å².